The highest BCUT2D eigenvalue weighted by molar-refractivity contribution is 7.14. The summed E-state index contributed by atoms with van der Waals surface area (Å²) < 4.78 is 0. The predicted molar refractivity (Wildman–Crippen MR) is 98.4 cm³/mol. The zero-order valence-electron chi connectivity index (χ0n) is 13.9. The second kappa shape index (κ2) is 6.53. The number of hydrogen-bond donors (Lipinski definition) is 1. The van der Waals surface area contributed by atoms with Gasteiger partial charge in [0.25, 0.3) is 5.91 Å². The van der Waals surface area contributed by atoms with Crippen molar-refractivity contribution < 1.29 is 4.79 Å². The number of carbonyl (C=O) groups is 1. The van der Waals surface area contributed by atoms with Crippen molar-refractivity contribution in [1.29, 1.82) is 0 Å². The highest BCUT2D eigenvalue weighted by Crippen LogP contribution is 2.28. The number of hydrogen-bond acceptors (Lipinski definition) is 4. The summed E-state index contributed by atoms with van der Waals surface area (Å²) in [5.41, 5.74) is 3.89. The summed E-state index contributed by atoms with van der Waals surface area (Å²) in [6.45, 7) is 6.58. The second-order valence-electron chi connectivity index (χ2n) is 6.56. The zero-order chi connectivity index (χ0) is 17.2. The summed E-state index contributed by atoms with van der Waals surface area (Å²) in [6.07, 6.45) is 3.19. The van der Waals surface area contributed by atoms with Crippen LogP contribution in [0.25, 0.3) is 11.3 Å². The van der Waals surface area contributed by atoms with Crippen molar-refractivity contribution in [3.8, 4) is 11.3 Å². The van der Waals surface area contributed by atoms with E-state index >= 15 is 0 Å². The summed E-state index contributed by atoms with van der Waals surface area (Å²) >= 11 is 1.42. The maximum atomic E-state index is 12.1. The molecule has 0 bridgehead atoms. The molecular weight excluding hydrogens is 318 g/mol. The molecule has 2 aromatic heterocycles. The van der Waals surface area contributed by atoms with E-state index in [0.29, 0.717) is 10.7 Å². The Balaban J connectivity index is 1.75. The number of nitrogens with one attached hydrogen (secondary N) is 1. The van der Waals surface area contributed by atoms with Crippen molar-refractivity contribution >= 4 is 22.4 Å². The minimum absolute atomic E-state index is 0.129. The minimum atomic E-state index is -0.179. The number of benzene rings is 1. The van der Waals surface area contributed by atoms with E-state index in [1.807, 2.05) is 5.38 Å². The lowest BCUT2D eigenvalue weighted by Gasteiger charge is -2.18. The van der Waals surface area contributed by atoms with E-state index in [9.17, 15) is 4.79 Å². The van der Waals surface area contributed by atoms with Crippen LogP contribution in [0.5, 0.6) is 0 Å². The van der Waals surface area contributed by atoms with Gasteiger partial charge in [0.1, 0.15) is 0 Å². The number of aromatic nitrogens is 2. The van der Waals surface area contributed by atoms with Crippen molar-refractivity contribution in [2.75, 3.05) is 5.32 Å². The van der Waals surface area contributed by atoms with Gasteiger partial charge in [0, 0.05) is 28.9 Å². The van der Waals surface area contributed by atoms with Crippen LogP contribution in [-0.2, 0) is 5.41 Å². The third-order valence-corrected chi connectivity index (χ3v) is 4.47. The highest BCUT2D eigenvalue weighted by Gasteiger charge is 2.14. The molecule has 24 heavy (non-hydrogen) atoms. The van der Waals surface area contributed by atoms with E-state index in [4.69, 9.17) is 0 Å². The molecule has 0 fully saturated rings. The Morgan fingerprint density at radius 3 is 2.33 bits per heavy atom. The van der Waals surface area contributed by atoms with E-state index < -0.39 is 0 Å². The number of thiazole rings is 1. The Morgan fingerprint density at radius 2 is 1.71 bits per heavy atom. The lowest BCUT2D eigenvalue weighted by Crippen LogP contribution is -2.11. The summed E-state index contributed by atoms with van der Waals surface area (Å²) in [6, 6.07) is 11.8. The molecule has 0 aliphatic rings. The van der Waals surface area contributed by atoms with Gasteiger partial charge in [-0.05, 0) is 23.1 Å². The van der Waals surface area contributed by atoms with Crippen molar-refractivity contribution in [3.63, 3.8) is 0 Å². The third kappa shape index (κ3) is 3.68. The smallest absolute Gasteiger partial charge is 0.257 e. The summed E-state index contributed by atoms with van der Waals surface area (Å²) in [5.74, 6) is -0.179. The molecular formula is C19H19N3OS. The summed E-state index contributed by atoms with van der Waals surface area (Å²) in [4.78, 5) is 20.6. The molecule has 0 aliphatic heterocycles. The van der Waals surface area contributed by atoms with Crippen LogP contribution in [0.4, 0.5) is 5.13 Å². The van der Waals surface area contributed by atoms with Crippen molar-refractivity contribution in [3.05, 3.63) is 65.3 Å². The van der Waals surface area contributed by atoms with Gasteiger partial charge in [-0.2, -0.15) is 0 Å². The molecule has 0 radical (unpaired) electrons. The average molecular weight is 337 g/mol. The first-order valence-corrected chi connectivity index (χ1v) is 8.59. The Hall–Kier alpha value is -2.53. The molecule has 122 valence electrons. The fourth-order valence-corrected chi connectivity index (χ4v) is 2.99. The summed E-state index contributed by atoms with van der Waals surface area (Å²) in [7, 11) is 0. The predicted octanol–water partition coefficient (Wildman–Crippen LogP) is 4.75. The fraction of sp³-hybridized carbons (Fsp3) is 0.211. The van der Waals surface area contributed by atoms with Crippen molar-refractivity contribution in [1.82, 2.24) is 9.97 Å². The summed E-state index contributed by atoms with van der Waals surface area (Å²) in [5, 5.41) is 5.37. The minimum Gasteiger partial charge on any atom is -0.298 e. The largest absolute Gasteiger partial charge is 0.298 e. The van der Waals surface area contributed by atoms with Gasteiger partial charge in [0.05, 0.1) is 5.69 Å². The molecule has 0 saturated heterocycles. The first-order valence-electron chi connectivity index (χ1n) is 7.71. The molecule has 3 aromatic rings. The topological polar surface area (TPSA) is 54.9 Å². The van der Waals surface area contributed by atoms with Gasteiger partial charge in [-0.25, -0.2) is 4.98 Å². The van der Waals surface area contributed by atoms with Crippen molar-refractivity contribution in [2.45, 2.75) is 26.2 Å². The number of amides is 1. The highest BCUT2D eigenvalue weighted by atomic mass is 32.1. The maximum Gasteiger partial charge on any atom is 0.257 e. The first-order chi connectivity index (χ1) is 11.4. The second-order valence-corrected chi connectivity index (χ2v) is 7.41. The monoisotopic (exact) mass is 337 g/mol. The van der Waals surface area contributed by atoms with Crippen LogP contribution in [0.2, 0.25) is 0 Å². The van der Waals surface area contributed by atoms with Gasteiger partial charge in [-0.15, -0.1) is 11.3 Å². The maximum absolute atomic E-state index is 12.1. The zero-order valence-corrected chi connectivity index (χ0v) is 14.7. The molecule has 0 saturated carbocycles. The Kier molecular flexibility index (Phi) is 4.44. The van der Waals surface area contributed by atoms with Gasteiger partial charge >= 0.3 is 0 Å². The van der Waals surface area contributed by atoms with E-state index in [-0.39, 0.29) is 11.3 Å². The molecule has 0 spiro atoms. The number of nitrogens with zero attached hydrogens (tertiary/aromatic N) is 2. The van der Waals surface area contributed by atoms with E-state index in [2.05, 4.69) is 60.3 Å². The lowest BCUT2D eigenvalue weighted by molar-refractivity contribution is 0.102. The molecule has 1 amide bonds. The van der Waals surface area contributed by atoms with Crippen LogP contribution in [0, 0.1) is 0 Å². The SMILES string of the molecule is CC(C)(C)c1ccc(-c2csc(NC(=O)c3ccncc3)n2)cc1. The van der Waals surface area contributed by atoms with Crippen molar-refractivity contribution in [2.24, 2.45) is 0 Å². The number of carbonyl (C=O) groups excluding carboxylic acids is 1. The molecule has 0 atom stereocenters. The van der Waals surface area contributed by atoms with Crippen LogP contribution in [0.15, 0.2) is 54.2 Å². The van der Waals surface area contributed by atoms with E-state index in [1.165, 1.54) is 16.9 Å². The van der Waals surface area contributed by atoms with Gasteiger partial charge in [-0.1, -0.05) is 45.0 Å². The van der Waals surface area contributed by atoms with Crippen LogP contribution in [0.3, 0.4) is 0 Å². The molecule has 2 heterocycles. The Morgan fingerprint density at radius 1 is 1.04 bits per heavy atom. The first kappa shape index (κ1) is 16.3. The molecule has 3 rings (SSSR count). The standard InChI is InChI=1S/C19H19N3OS/c1-19(2,3)15-6-4-13(5-7-15)16-12-24-18(21-16)22-17(23)14-8-10-20-11-9-14/h4-12H,1-3H3,(H,21,22,23). The Labute approximate surface area is 145 Å². The van der Waals surface area contributed by atoms with E-state index in [1.54, 1.807) is 24.5 Å². The quantitative estimate of drug-likeness (QED) is 0.750. The Bertz CT molecular complexity index is 833. The van der Waals surface area contributed by atoms with Crippen LogP contribution in [0.1, 0.15) is 36.7 Å². The van der Waals surface area contributed by atoms with Gasteiger partial charge < -0.3 is 0 Å². The van der Waals surface area contributed by atoms with Crippen LogP contribution in [-0.4, -0.2) is 15.9 Å². The molecule has 0 unspecified atom stereocenters. The average Bonchev–Trinajstić information content (AvgIpc) is 3.03. The van der Waals surface area contributed by atoms with Crippen LogP contribution < -0.4 is 5.32 Å². The van der Waals surface area contributed by atoms with Gasteiger partial charge in [-0.3, -0.25) is 15.1 Å². The molecule has 0 aliphatic carbocycles. The molecule has 5 heteroatoms. The number of rotatable bonds is 3. The number of anilines is 1. The van der Waals surface area contributed by atoms with Gasteiger partial charge in [0.15, 0.2) is 5.13 Å². The fourth-order valence-electron chi connectivity index (χ4n) is 2.28. The molecule has 1 aromatic carbocycles. The molecule has 4 nitrogen and oxygen atoms in total. The lowest BCUT2D eigenvalue weighted by atomic mass is 9.86. The molecule has 1 N–H and O–H groups in total. The van der Waals surface area contributed by atoms with Gasteiger partial charge in [0.2, 0.25) is 0 Å². The van der Waals surface area contributed by atoms with E-state index in [0.717, 1.165) is 11.3 Å². The van der Waals surface area contributed by atoms with Crippen LogP contribution >= 0.6 is 11.3 Å². The normalized spacial score (nSPS) is 11.3. The number of pyridine rings is 1. The third-order valence-electron chi connectivity index (χ3n) is 3.71.